The summed E-state index contributed by atoms with van der Waals surface area (Å²) in [5.41, 5.74) is 0.909. The lowest BCUT2D eigenvalue weighted by molar-refractivity contribution is 0.601. The molecule has 1 aromatic rings. The first-order chi connectivity index (χ1) is 8.94. The van der Waals surface area contributed by atoms with Gasteiger partial charge in [-0.1, -0.05) is 0 Å². The van der Waals surface area contributed by atoms with Gasteiger partial charge in [-0.15, -0.1) is 5.10 Å². The number of hydrogen-bond donors (Lipinski definition) is 1. The molecule has 1 aliphatic carbocycles. The Hall–Kier alpha value is -1.21. The van der Waals surface area contributed by atoms with Crippen molar-refractivity contribution >= 4 is 15.7 Å². The molecule has 0 bridgehead atoms. The summed E-state index contributed by atoms with van der Waals surface area (Å²) in [7, 11) is -1.13. The molecule has 6 nitrogen and oxygen atoms in total. The van der Waals surface area contributed by atoms with Crippen molar-refractivity contribution in [2.24, 2.45) is 0 Å². The van der Waals surface area contributed by atoms with Gasteiger partial charge in [0.25, 0.3) is 0 Å². The maximum Gasteiger partial charge on any atom is 0.151 e. The van der Waals surface area contributed by atoms with Gasteiger partial charge in [-0.05, 0) is 25.0 Å². The summed E-state index contributed by atoms with van der Waals surface area (Å²) in [5.74, 6) is 0.815. The fraction of sp³-hybridized carbons (Fsp3) is 0.667. The van der Waals surface area contributed by atoms with Crippen molar-refractivity contribution in [3.8, 4) is 0 Å². The van der Waals surface area contributed by atoms with Crippen LogP contribution in [0.5, 0.6) is 0 Å². The smallest absolute Gasteiger partial charge is 0.151 e. The van der Waals surface area contributed by atoms with Gasteiger partial charge in [-0.3, -0.25) is 0 Å². The molecule has 0 spiro atoms. The summed E-state index contributed by atoms with van der Waals surface area (Å²) in [6.07, 6.45) is 3.73. The molecule has 19 heavy (non-hydrogen) atoms. The summed E-state index contributed by atoms with van der Waals surface area (Å²) >= 11 is 0. The highest BCUT2D eigenvalue weighted by Crippen LogP contribution is 2.19. The Kier molecular flexibility index (Phi) is 4.36. The lowest BCUT2D eigenvalue weighted by atomic mass is 10.3. The zero-order valence-corrected chi connectivity index (χ0v) is 12.2. The second kappa shape index (κ2) is 5.83. The van der Waals surface area contributed by atoms with Gasteiger partial charge in [-0.2, -0.15) is 5.10 Å². The van der Waals surface area contributed by atoms with Gasteiger partial charge in [-0.25, -0.2) is 8.42 Å². The van der Waals surface area contributed by atoms with Gasteiger partial charge in [0, 0.05) is 32.4 Å². The molecule has 1 N–H and O–H groups in total. The Balaban J connectivity index is 1.85. The fourth-order valence-electron chi connectivity index (χ4n) is 1.60. The molecule has 106 valence electrons. The van der Waals surface area contributed by atoms with Crippen molar-refractivity contribution in [3.63, 3.8) is 0 Å². The van der Waals surface area contributed by atoms with Crippen molar-refractivity contribution in [3.05, 3.63) is 17.8 Å². The molecule has 0 amide bonds. The third-order valence-corrected chi connectivity index (χ3v) is 3.97. The largest absolute Gasteiger partial charge is 0.357 e. The Bertz CT molecular complexity index is 511. The minimum absolute atomic E-state index is 0.121. The van der Waals surface area contributed by atoms with Gasteiger partial charge < -0.3 is 10.2 Å². The van der Waals surface area contributed by atoms with E-state index in [0.717, 1.165) is 12.2 Å². The molecule has 2 rings (SSSR count). The molecule has 1 heterocycles. The quantitative estimate of drug-likeness (QED) is 0.771. The first-order valence-electron chi connectivity index (χ1n) is 6.39. The summed E-state index contributed by atoms with van der Waals surface area (Å²) in [6.45, 7) is 1.16. The normalized spacial score (nSPS) is 15.5. The molecule has 0 aromatic carbocycles. The Morgan fingerprint density at radius 3 is 2.63 bits per heavy atom. The van der Waals surface area contributed by atoms with Crippen LogP contribution in [-0.2, 0) is 16.4 Å². The molecule has 0 aliphatic heterocycles. The lowest BCUT2D eigenvalue weighted by Crippen LogP contribution is -2.26. The van der Waals surface area contributed by atoms with Crippen LogP contribution in [-0.4, -0.2) is 50.3 Å². The van der Waals surface area contributed by atoms with Crippen LogP contribution in [0.25, 0.3) is 0 Å². The Labute approximate surface area is 114 Å². The van der Waals surface area contributed by atoms with Crippen molar-refractivity contribution in [1.29, 1.82) is 0 Å². The molecule has 1 fully saturated rings. The number of anilines is 1. The predicted molar refractivity (Wildman–Crippen MR) is 74.9 cm³/mol. The van der Waals surface area contributed by atoms with E-state index in [9.17, 15) is 8.42 Å². The topological polar surface area (TPSA) is 75.2 Å². The van der Waals surface area contributed by atoms with Crippen LogP contribution in [0.1, 0.15) is 18.5 Å². The Morgan fingerprint density at radius 2 is 2.11 bits per heavy atom. The van der Waals surface area contributed by atoms with Crippen molar-refractivity contribution in [2.45, 2.75) is 25.4 Å². The van der Waals surface area contributed by atoms with E-state index in [1.165, 1.54) is 19.1 Å². The molecule has 1 aromatic heterocycles. The second-order valence-electron chi connectivity index (χ2n) is 5.09. The second-order valence-corrected chi connectivity index (χ2v) is 7.35. The van der Waals surface area contributed by atoms with Crippen LogP contribution < -0.4 is 10.2 Å². The maximum absolute atomic E-state index is 11.1. The molecule has 7 heteroatoms. The van der Waals surface area contributed by atoms with Crippen LogP contribution in [0, 0.1) is 0 Å². The number of nitrogens with zero attached hydrogens (tertiary/aromatic N) is 3. The maximum atomic E-state index is 11.1. The average Bonchev–Trinajstić information content (AvgIpc) is 3.17. The first kappa shape index (κ1) is 14.2. The number of rotatable bonds is 7. The zero-order valence-electron chi connectivity index (χ0n) is 11.3. The van der Waals surface area contributed by atoms with Gasteiger partial charge in [0.05, 0.1) is 11.4 Å². The van der Waals surface area contributed by atoms with Gasteiger partial charge in [0.15, 0.2) is 5.82 Å². The molecular weight excluding hydrogens is 264 g/mol. The summed E-state index contributed by atoms with van der Waals surface area (Å²) < 4.78 is 22.2. The summed E-state index contributed by atoms with van der Waals surface area (Å²) in [6, 6.07) is 4.45. The summed E-state index contributed by atoms with van der Waals surface area (Å²) in [5, 5.41) is 11.6. The lowest BCUT2D eigenvalue weighted by Gasteiger charge is -2.16. The molecule has 0 saturated heterocycles. The number of sulfone groups is 1. The van der Waals surface area contributed by atoms with E-state index in [2.05, 4.69) is 15.5 Å². The zero-order chi connectivity index (χ0) is 13.9. The van der Waals surface area contributed by atoms with E-state index in [4.69, 9.17) is 0 Å². The SMILES string of the molecule is CN(CCS(C)(=O)=O)c1ccc(CNC2CC2)nn1. The molecule has 1 saturated carbocycles. The van der Waals surface area contributed by atoms with Crippen LogP contribution in [0.2, 0.25) is 0 Å². The van der Waals surface area contributed by atoms with Gasteiger partial charge in [0.2, 0.25) is 0 Å². The molecule has 1 aliphatic rings. The third-order valence-electron chi connectivity index (χ3n) is 3.04. The van der Waals surface area contributed by atoms with E-state index in [1.54, 1.807) is 4.90 Å². The van der Waals surface area contributed by atoms with Crippen LogP contribution in [0.3, 0.4) is 0 Å². The highest BCUT2D eigenvalue weighted by atomic mass is 32.2. The highest BCUT2D eigenvalue weighted by molar-refractivity contribution is 7.90. The van der Waals surface area contributed by atoms with Crippen molar-refractivity contribution < 1.29 is 8.42 Å². The average molecular weight is 284 g/mol. The van der Waals surface area contributed by atoms with Gasteiger partial charge >= 0.3 is 0 Å². The van der Waals surface area contributed by atoms with Crippen LogP contribution in [0.15, 0.2) is 12.1 Å². The third kappa shape index (κ3) is 5.12. The van der Waals surface area contributed by atoms with E-state index in [-0.39, 0.29) is 5.75 Å². The van der Waals surface area contributed by atoms with E-state index >= 15 is 0 Å². The first-order valence-corrected chi connectivity index (χ1v) is 8.45. The minimum atomic E-state index is -2.95. The highest BCUT2D eigenvalue weighted by Gasteiger charge is 2.20. The van der Waals surface area contributed by atoms with Crippen LogP contribution in [0.4, 0.5) is 5.82 Å². The number of nitrogens with one attached hydrogen (secondary N) is 1. The summed E-state index contributed by atoms with van der Waals surface area (Å²) in [4.78, 5) is 1.80. The number of hydrogen-bond acceptors (Lipinski definition) is 6. The van der Waals surface area contributed by atoms with E-state index < -0.39 is 9.84 Å². The van der Waals surface area contributed by atoms with E-state index in [1.807, 2.05) is 19.2 Å². The monoisotopic (exact) mass is 284 g/mol. The van der Waals surface area contributed by atoms with Crippen molar-refractivity contribution in [1.82, 2.24) is 15.5 Å². The van der Waals surface area contributed by atoms with Crippen molar-refractivity contribution in [2.75, 3.05) is 30.5 Å². The van der Waals surface area contributed by atoms with E-state index in [0.29, 0.717) is 18.4 Å². The predicted octanol–water partition coefficient (Wildman–Crippen LogP) is 0.209. The van der Waals surface area contributed by atoms with Crippen LogP contribution >= 0.6 is 0 Å². The standard InChI is InChI=1S/C12H20N4O2S/c1-16(7-8-19(2,17)18)12-6-5-11(14-15-12)9-13-10-3-4-10/h5-6,10,13H,3-4,7-9H2,1-2H3. The molecule has 0 radical (unpaired) electrons. The minimum Gasteiger partial charge on any atom is -0.357 e. The Morgan fingerprint density at radius 1 is 1.37 bits per heavy atom. The molecule has 0 atom stereocenters. The molecular formula is C12H20N4O2S. The van der Waals surface area contributed by atoms with Gasteiger partial charge in [0.1, 0.15) is 9.84 Å². The number of aromatic nitrogens is 2. The molecule has 0 unspecified atom stereocenters. The fourth-order valence-corrected chi connectivity index (χ4v) is 2.21.